The van der Waals surface area contributed by atoms with Crippen molar-refractivity contribution in [3.63, 3.8) is 0 Å². The minimum Gasteiger partial charge on any atom is -0.452 e. The molecule has 0 aliphatic heterocycles. The van der Waals surface area contributed by atoms with Gasteiger partial charge in [0.15, 0.2) is 6.61 Å². The van der Waals surface area contributed by atoms with Crippen molar-refractivity contribution in [2.45, 2.75) is 6.92 Å². The first-order chi connectivity index (χ1) is 11.5. The molecule has 0 spiro atoms. The average Bonchev–Trinajstić information content (AvgIpc) is 3.08. The molecule has 2 amide bonds. The summed E-state index contributed by atoms with van der Waals surface area (Å²) in [7, 11) is 0. The minimum absolute atomic E-state index is 0.408. The van der Waals surface area contributed by atoms with E-state index in [4.69, 9.17) is 16.3 Å². The van der Waals surface area contributed by atoms with Crippen LogP contribution in [0.4, 0.5) is 0 Å². The van der Waals surface area contributed by atoms with Crippen LogP contribution >= 0.6 is 22.9 Å². The van der Waals surface area contributed by atoms with Crippen LogP contribution in [0.15, 0.2) is 41.8 Å². The van der Waals surface area contributed by atoms with Gasteiger partial charge < -0.3 is 4.74 Å². The molecule has 24 heavy (non-hydrogen) atoms. The van der Waals surface area contributed by atoms with E-state index < -0.39 is 24.4 Å². The lowest BCUT2D eigenvalue weighted by Crippen LogP contribution is -2.33. The van der Waals surface area contributed by atoms with E-state index in [-0.39, 0.29) is 0 Å². The highest BCUT2D eigenvalue weighted by Crippen LogP contribution is 2.17. The fourth-order valence-corrected chi connectivity index (χ4v) is 2.50. The van der Waals surface area contributed by atoms with Gasteiger partial charge in [-0.05, 0) is 41.6 Å². The average molecular weight is 364 g/mol. The second-order valence-corrected chi connectivity index (χ2v) is 6.16. The summed E-state index contributed by atoms with van der Waals surface area (Å²) in [4.78, 5) is 35.2. The largest absolute Gasteiger partial charge is 0.452 e. The van der Waals surface area contributed by atoms with Gasteiger partial charge in [0.1, 0.15) is 0 Å². The fourth-order valence-electron chi connectivity index (χ4n) is 1.69. The van der Waals surface area contributed by atoms with E-state index in [0.29, 0.717) is 9.90 Å². The Bertz CT molecular complexity index is 784. The summed E-state index contributed by atoms with van der Waals surface area (Å²) in [6.45, 7) is 1.34. The Labute approximate surface area is 147 Å². The van der Waals surface area contributed by atoms with E-state index in [1.54, 1.807) is 29.6 Å². The fraction of sp³-hybridized carbons (Fsp3) is 0.118. The predicted molar refractivity (Wildman–Crippen MR) is 93.0 cm³/mol. The summed E-state index contributed by atoms with van der Waals surface area (Å²) in [5.74, 6) is -1.89. The van der Waals surface area contributed by atoms with E-state index in [1.807, 2.05) is 13.0 Å². The van der Waals surface area contributed by atoms with E-state index in [2.05, 4.69) is 5.32 Å². The number of carbonyl (C=O) groups excluding carboxylic acids is 3. The number of carbonyl (C=O) groups is 3. The third-order valence-corrected chi connectivity index (χ3v) is 4.23. The number of imide groups is 1. The first kappa shape index (κ1) is 17.9. The van der Waals surface area contributed by atoms with E-state index in [0.717, 1.165) is 11.1 Å². The van der Waals surface area contributed by atoms with Crippen LogP contribution in [-0.2, 0) is 14.3 Å². The number of hydrogen-bond acceptors (Lipinski definition) is 5. The first-order valence-corrected chi connectivity index (χ1v) is 8.20. The molecule has 0 saturated carbocycles. The molecule has 1 heterocycles. The molecule has 1 aromatic carbocycles. The van der Waals surface area contributed by atoms with Gasteiger partial charge in [-0.1, -0.05) is 29.8 Å². The van der Waals surface area contributed by atoms with Gasteiger partial charge in [-0.25, -0.2) is 4.79 Å². The molecule has 0 atom stereocenters. The maximum Gasteiger partial charge on any atom is 0.331 e. The molecule has 1 N–H and O–H groups in total. The second-order valence-electron chi connectivity index (χ2n) is 4.80. The Hall–Kier alpha value is -2.44. The third kappa shape index (κ3) is 5.33. The zero-order valence-corrected chi connectivity index (χ0v) is 14.3. The Kier molecular flexibility index (Phi) is 6.28. The third-order valence-electron chi connectivity index (χ3n) is 2.95. The zero-order valence-electron chi connectivity index (χ0n) is 12.7. The number of esters is 1. The smallest absolute Gasteiger partial charge is 0.331 e. The second kappa shape index (κ2) is 8.42. The Morgan fingerprint density at radius 3 is 2.75 bits per heavy atom. The molecular weight excluding hydrogens is 350 g/mol. The number of nitrogens with one attached hydrogen (secondary N) is 1. The summed E-state index contributed by atoms with van der Waals surface area (Å²) in [6, 6.07) is 8.64. The van der Waals surface area contributed by atoms with Gasteiger partial charge in [0.25, 0.3) is 11.8 Å². The monoisotopic (exact) mass is 363 g/mol. The van der Waals surface area contributed by atoms with Crippen molar-refractivity contribution in [2.75, 3.05) is 6.61 Å². The number of hydrogen-bond donors (Lipinski definition) is 1. The lowest BCUT2D eigenvalue weighted by Gasteiger charge is -2.03. The highest BCUT2D eigenvalue weighted by atomic mass is 35.5. The van der Waals surface area contributed by atoms with Crippen LogP contribution in [0.5, 0.6) is 0 Å². The van der Waals surface area contributed by atoms with Crippen LogP contribution in [0.25, 0.3) is 6.08 Å². The number of benzene rings is 1. The Morgan fingerprint density at radius 2 is 2.08 bits per heavy atom. The molecule has 0 saturated heterocycles. The van der Waals surface area contributed by atoms with Crippen molar-refractivity contribution in [2.24, 2.45) is 0 Å². The molecule has 0 fully saturated rings. The van der Waals surface area contributed by atoms with Gasteiger partial charge in [0.05, 0.1) is 4.88 Å². The predicted octanol–water partition coefficient (Wildman–Crippen LogP) is 3.22. The van der Waals surface area contributed by atoms with E-state index in [9.17, 15) is 14.4 Å². The van der Waals surface area contributed by atoms with Crippen molar-refractivity contribution in [3.8, 4) is 0 Å². The summed E-state index contributed by atoms with van der Waals surface area (Å²) >= 11 is 7.20. The van der Waals surface area contributed by atoms with Crippen molar-refractivity contribution < 1.29 is 19.1 Å². The van der Waals surface area contributed by atoms with Crippen LogP contribution in [0, 0.1) is 6.92 Å². The van der Waals surface area contributed by atoms with Gasteiger partial charge in [0.2, 0.25) is 0 Å². The van der Waals surface area contributed by atoms with Gasteiger partial charge in [-0.15, -0.1) is 11.3 Å². The summed E-state index contributed by atoms with van der Waals surface area (Å²) in [5.41, 5.74) is 1.67. The zero-order chi connectivity index (χ0) is 17.5. The van der Waals surface area contributed by atoms with Gasteiger partial charge in [0, 0.05) is 11.1 Å². The molecule has 7 heteroatoms. The standard InChI is InChI=1S/C17H14ClNO4S/c1-11-4-5-12(9-13(11)18)6-7-16(21)23-10-15(20)19-17(22)14-3-2-8-24-14/h2-9H,10H2,1H3,(H,19,20,22)/b7-6+. The number of thiophene rings is 1. The Morgan fingerprint density at radius 1 is 1.29 bits per heavy atom. The number of ether oxygens (including phenoxy) is 1. The first-order valence-electron chi connectivity index (χ1n) is 6.94. The number of amides is 2. The Balaban J connectivity index is 1.80. The lowest BCUT2D eigenvalue weighted by molar-refractivity contribution is -0.143. The molecule has 0 radical (unpaired) electrons. The van der Waals surface area contributed by atoms with E-state index in [1.165, 1.54) is 23.5 Å². The van der Waals surface area contributed by atoms with Gasteiger partial charge >= 0.3 is 5.97 Å². The highest BCUT2D eigenvalue weighted by Gasteiger charge is 2.12. The molecule has 1 aromatic heterocycles. The molecule has 0 aliphatic carbocycles. The highest BCUT2D eigenvalue weighted by molar-refractivity contribution is 7.12. The number of aryl methyl sites for hydroxylation is 1. The van der Waals surface area contributed by atoms with Gasteiger partial charge in [-0.2, -0.15) is 0 Å². The molecule has 5 nitrogen and oxygen atoms in total. The number of rotatable bonds is 5. The van der Waals surface area contributed by atoms with Crippen LogP contribution in [-0.4, -0.2) is 24.4 Å². The van der Waals surface area contributed by atoms with Crippen LogP contribution < -0.4 is 5.32 Å². The minimum atomic E-state index is -0.689. The maximum atomic E-state index is 11.6. The van der Waals surface area contributed by atoms with Crippen molar-refractivity contribution in [3.05, 3.63) is 62.8 Å². The van der Waals surface area contributed by atoms with Crippen LogP contribution in [0.3, 0.4) is 0 Å². The summed E-state index contributed by atoms with van der Waals surface area (Å²) in [6.07, 6.45) is 2.72. The molecular formula is C17H14ClNO4S. The molecule has 2 rings (SSSR count). The SMILES string of the molecule is Cc1ccc(/C=C/C(=O)OCC(=O)NC(=O)c2cccs2)cc1Cl. The van der Waals surface area contributed by atoms with Crippen molar-refractivity contribution >= 4 is 46.8 Å². The molecule has 0 aliphatic rings. The quantitative estimate of drug-likeness (QED) is 0.654. The van der Waals surface area contributed by atoms with Crippen molar-refractivity contribution in [1.82, 2.24) is 5.32 Å². The summed E-state index contributed by atoms with van der Waals surface area (Å²) in [5, 5.41) is 4.46. The maximum absolute atomic E-state index is 11.6. The topological polar surface area (TPSA) is 72.5 Å². The molecule has 0 unspecified atom stereocenters. The summed E-state index contributed by atoms with van der Waals surface area (Å²) < 4.78 is 4.78. The number of halogens is 1. The lowest BCUT2D eigenvalue weighted by atomic mass is 10.1. The molecule has 0 bridgehead atoms. The normalized spacial score (nSPS) is 10.6. The van der Waals surface area contributed by atoms with Crippen LogP contribution in [0.2, 0.25) is 5.02 Å². The van der Waals surface area contributed by atoms with E-state index >= 15 is 0 Å². The van der Waals surface area contributed by atoms with Crippen LogP contribution in [0.1, 0.15) is 20.8 Å². The van der Waals surface area contributed by atoms with Crippen molar-refractivity contribution in [1.29, 1.82) is 0 Å². The molecule has 2 aromatic rings. The van der Waals surface area contributed by atoms with Gasteiger partial charge in [-0.3, -0.25) is 14.9 Å². The molecule has 124 valence electrons.